The molecule has 0 saturated carbocycles. The fraction of sp³-hybridized carbons (Fsp3) is 0.553. The van der Waals surface area contributed by atoms with Crippen molar-refractivity contribution in [2.45, 2.75) is 135 Å². The van der Waals surface area contributed by atoms with E-state index in [1.54, 1.807) is 0 Å². The van der Waals surface area contributed by atoms with Gasteiger partial charge in [-0.3, -0.25) is 4.79 Å². The second-order valence-corrected chi connectivity index (χ2v) is 12.2. The standard InChI is InChI=1S/C38H52O2/c1-2-3-4-5-6-7-8-9-10-11-12-13-14-15-16-17-19-30-22-24-32-26-27-33-25-23-31(20-18-21-36(39)40)35-29-28-34(30)37(32)38(33)35/h22-29H,2-21H2,1H3,(H,39,40). The fourth-order valence-electron chi connectivity index (χ4n) is 6.65. The minimum absolute atomic E-state index is 0.228. The van der Waals surface area contributed by atoms with Gasteiger partial charge in [0.15, 0.2) is 0 Å². The molecule has 4 rings (SSSR count). The normalized spacial score (nSPS) is 11.8. The molecule has 0 radical (unpaired) electrons. The fourth-order valence-corrected chi connectivity index (χ4v) is 6.65. The van der Waals surface area contributed by atoms with Crippen LogP contribution >= 0.6 is 0 Å². The Morgan fingerprint density at radius 1 is 0.500 bits per heavy atom. The second-order valence-electron chi connectivity index (χ2n) is 12.2. The number of carboxylic acid groups (broad SMARTS) is 1. The topological polar surface area (TPSA) is 37.3 Å². The smallest absolute Gasteiger partial charge is 0.303 e. The molecule has 216 valence electrons. The lowest BCUT2D eigenvalue weighted by Crippen LogP contribution is -1.97. The van der Waals surface area contributed by atoms with Crippen LogP contribution in [0.2, 0.25) is 0 Å². The van der Waals surface area contributed by atoms with Crippen molar-refractivity contribution in [1.82, 2.24) is 0 Å². The highest BCUT2D eigenvalue weighted by atomic mass is 16.4. The monoisotopic (exact) mass is 540 g/mol. The van der Waals surface area contributed by atoms with Crippen LogP contribution in [0.1, 0.15) is 134 Å². The molecule has 40 heavy (non-hydrogen) atoms. The third-order valence-corrected chi connectivity index (χ3v) is 8.98. The molecule has 0 bridgehead atoms. The summed E-state index contributed by atoms with van der Waals surface area (Å²) in [6.07, 6.45) is 25.4. The van der Waals surface area contributed by atoms with Crippen molar-refractivity contribution in [3.8, 4) is 0 Å². The Bertz CT molecular complexity index is 1300. The Kier molecular flexibility index (Phi) is 12.6. The number of carboxylic acids is 1. The average Bonchev–Trinajstić information content (AvgIpc) is 2.96. The molecule has 2 heteroatoms. The first-order chi connectivity index (χ1) is 19.7. The van der Waals surface area contributed by atoms with Gasteiger partial charge in [-0.05, 0) is 69.1 Å². The molecular weight excluding hydrogens is 488 g/mol. The second kappa shape index (κ2) is 16.6. The molecule has 0 aromatic heterocycles. The summed E-state index contributed by atoms with van der Waals surface area (Å²) in [5.74, 6) is -0.712. The third-order valence-electron chi connectivity index (χ3n) is 8.98. The summed E-state index contributed by atoms with van der Waals surface area (Å²) in [4.78, 5) is 11.0. The minimum atomic E-state index is -0.712. The molecule has 0 amide bonds. The summed E-state index contributed by atoms with van der Waals surface area (Å²) < 4.78 is 0. The van der Waals surface area contributed by atoms with Crippen molar-refractivity contribution in [3.05, 3.63) is 59.7 Å². The summed E-state index contributed by atoms with van der Waals surface area (Å²) in [5, 5.41) is 17.1. The van der Waals surface area contributed by atoms with Crippen LogP contribution in [0.5, 0.6) is 0 Å². The molecule has 0 saturated heterocycles. The molecular formula is C38H52O2. The molecule has 0 heterocycles. The van der Waals surface area contributed by atoms with Crippen LogP contribution in [-0.2, 0) is 17.6 Å². The number of unbranched alkanes of at least 4 members (excludes halogenated alkanes) is 15. The summed E-state index contributed by atoms with van der Waals surface area (Å²) >= 11 is 0. The van der Waals surface area contributed by atoms with Crippen molar-refractivity contribution in [2.24, 2.45) is 0 Å². The number of hydrogen-bond acceptors (Lipinski definition) is 1. The predicted molar refractivity (Wildman–Crippen MR) is 174 cm³/mol. The highest BCUT2D eigenvalue weighted by Crippen LogP contribution is 2.38. The van der Waals surface area contributed by atoms with Gasteiger partial charge in [-0.25, -0.2) is 0 Å². The molecule has 1 N–H and O–H groups in total. The van der Waals surface area contributed by atoms with E-state index in [-0.39, 0.29) is 6.42 Å². The van der Waals surface area contributed by atoms with Crippen LogP contribution < -0.4 is 0 Å². The lowest BCUT2D eigenvalue weighted by Gasteiger charge is -2.16. The quantitative estimate of drug-likeness (QED) is 0.0842. The van der Waals surface area contributed by atoms with Crippen molar-refractivity contribution in [1.29, 1.82) is 0 Å². The summed E-state index contributed by atoms with van der Waals surface area (Å²) in [6, 6.07) is 18.2. The Balaban J connectivity index is 1.19. The summed E-state index contributed by atoms with van der Waals surface area (Å²) in [7, 11) is 0. The first kappa shape index (κ1) is 30.4. The van der Waals surface area contributed by atoms with E-state index in [0.29, 0.717) is 6.42 Å². The van der Waals surface area contributed by atoms with E-state index < -0.39 is 5.97 Å². The Morgan fingerprint density at radius 2 is 0.875 bits per heavy atom. The van der Waals surface area contributed by atoms with Gasteiger partial charge in [-0.2, -0.15) is 0 Å². The lowest BCUT2D eigenvalue weighted by molar-refractivity contribution is -0.137. The van der Waals surface area contributed by atoms with E-state index in [1.807, 2.05) is 0 Å². The zero-order valence-corrected chi connectivity index (χ0v) is 25.1. The number of hydrogen-bond donors (Lipinski definition) is 1. The number of rotatable bonds is 21. The molecule has 0 fully saturated rings. The van der Waals surface area contributed by atoms with Gasteiger partial charge in [-0.1, -0.05) is 152 Å². The van der Waals surface area contributed by atoms with Gasteiger partial charge in [0, 0.05) is 6.42 Å². The van der Waals surface area contributed by atoms with Gasteiger partial charge in [-0.15, -0.1) is 0 Å². The maximum Gasteiger partial charge on any atom is 0.303 e. The first-order valence-electron chi connectivity index (χ1n) is 16.6. The van der Waals surface area contributed by atoms with Gasteiger partial charge in [0.1, 0.15) is 0 Å². The molecule has 0 atom stereocenters. The number of aliphatic carboxylic acids is 1. The molecule has 4 aromatic rings. The first-order valence-corrected chi connectivity index (χ1v) is 16.6. The molecule has 2 nitrogen and oxygen atoms in total. The molecule has 0 spiro atoms. The number of aryl methyl sites for hydroxylation is 2. The Hall–Kier alpha value is -2.61. The van der Waals surface area contributed by atoms with E-state index in [1.165, 1.54) is 146 Å². The third kappa shape index (κ3) is 8.69. The molecule has 0 aliphatic carbocycles. The van der Waals surface area contributed by atoms with E-state index in [4.69, 9.17) is 5.11 Å². The number of benzene rings is 4. The van der Waals surface area contributed by atoms with Crippen LogP contribution in [0.4, 0.5) is 0 Å². The lowest BCUT2D eigenvalue weighted by atomic mass is 9.88. The van der Waals surface area contributed by atoms with Crippen LogP contribution in [0.3, 0.4) is 0 Å². The predicted octanol–water partition coefficient (Wildman–Crippen LogP) is 11.8. The SMILES string of the molecule is CCCCCCCCCCCCCCCCCCc1ccc2ccc3ccc(CCCC(=O)O)c4ccc1c2c34. The van der Waals surface area contributed by atoms with Crippen molar-refractivity contribution >= 4 is 38.3 Å². The van der Waals surface area contributed by atoms with Gasteiger partial charge in [0.2, 0.25) is 0 Å². The molecule has 0 aliphatic rings. The maximum absolute atomic E-state index is 11.0. The Morgan fingerprint density at radius 3 is 1.30 bits per heavy atom. The number of carbonyl (C=O) groups is 1. The highest BCUT2D eigenvalue weighted by Gasteiger charge is 2.13. The van der Waals surface area contributed by atoms with Gasteiger partial charge in [0.25, 0.3) is 0 Å². The summed E-state index contributed by atoms with van der Waals surface area (Å²) in [6.45, 7) is 2.29. The van der Waals surface area contributed by atoms with E-state index >= 15 is 0 Å². The van der Waals surface area contributed by atoms with E-state index in [0.717, 1.165) is 12.8 Å². The van der Waals surface area contributed by atoms with Crippen LogP contribution in [0.25, 0.3) is 32.3 Å². The van der Waals surface area contributed by atoms with E-state index in [9.17, 15) is 4.79 Å². The molecule has 0 unspecified atom stereocenters. The zero-order valence-electron chi connectivity index (χ0n) is 25.1. The molecule has 4 aromatic carbocycles. The van der Waals surface area contributed by atoms with Crippen LogP contribution in [0.15, 0.2) is 48.5 Å². The highest BCUT2D eigenvalue weighted by molar-refractivity contribution is 6.24. The largest absolute Gasteiger partial charge is 0.481 e. The van der Waals surface area contributed by atoms with Crippen molar-refractivity contribution < 1.29 is 9.90 Å². The van der Waals surface area contributed by atoms with Crippen molar-refractivity contribution in [3.63, 3.8) is 0 Å². The van der Waals surface area contributed by atoms with Crippen LogP contribution in [0, 0.1) is 0 Å². The summed E-state index contributed by atoms with van der Waals surface area (Å²) in [5.41, 5.74) is 2.75. The van der Waals surface area contributed by atoms with Crippen molar-refractivity contribution in [2.75, 3.05) is 0 Å². The van der Waals surface area contributed by atoms with E-state index in [2.05, 4.69) is 55.5 Å². The van der Waals surface area contributed by atoms with Gasteiger partial charge >= 0.3 is 5.97 Å². The van der Waals surface area contributed by atoms with Crippen LogP contribution in [-0.4, -0.2) is 11.1 Å². The minimum Gasteiger partial charge on any atom is -0.481 e. The Labute approximate surface area is 242 Å². The van der Waals surface area contributed by atoms with Gasteiger partial charge in [0.05, 0.1) is 0 Å². The molecule has 0 aliphatic heterocycles. The zero-order chi connectivity index (χ0) is 28.0. The average molecular weight is 541 g/mol. The maximum atomic E-state index is 11.0. The van der Waals surface area contributed by atoms with Gasteiger partial charge < -0.3 is 5.11 Å².